The van der Waals surface area contributed by atoms with Crippen LogP contribution in [0.4, 0.5) is 5.69 Å². The highest BCUT2D eigenvalue weighted by molar-refractivity contribution is 5.47. The molecule has 0 saturated heterocycles. The molecule has 3 nitrogen and oxygen atoms in total. The first-order valence-corrected chi connectivity index (χ1v) is 6.28. The molecule has 0 fully saturated rings. The van der Waals surface area contributed by atoms with Gasteiger partial charge in [0.15, 0.2) is 0 Å². The van der Waals surface area contributed by atoms with E-state index in [1.165, 1.54) is 19.3 Å². The highest BCUT2D eigenvalue weighted by Crippen LogP contribution is 2.21. The van der Waals surface area contributed by atoms with E-state index in [1.807, 2.05) is 18.2 Å². The van der Waals surface area contributed by atoms with Gasteiger partial charge in [0.2, 0.25) is 0 Å². The Kier molecular flexibility index (Phi) is 6.48. The van der Waals surface area contributed by atoms with Crippen LogP contribution in [0.1, 0.15) is 38.2 Å². The van der Waals surface area contributed by atoms with Gasteiger partial charge in [-0.1, -0.05) is 26.2 Å². The Hall–Kier alpha value is -1.22. The van der Waals surface area contributed by atoms with Gasteiger partial charge in [0.25, 0.3) is 0 Å². The Morgan fingerprint density at radius 1 is 1.18 bits per heavy atom. The first kappa shape index (κ1) is 13.8. The average Bonchev–Trinajstić information content (AvgIpc) is 2.34. The van der Waals surface area contributed by atoms with Crippen molar-refractivity contribution >= 4 is 5.69 Å². The zero-order valence-corrected chi connectivity index (χ0v) is 10.9. The first-order chi connectivity index (χ1) is 8.27. The van der Waals surface area contributed by atoms with Gasteiger partial charge in [0.05, 0.1) is 13.7 Å². The molecule has 0 atom stereocenters. The topological polar surface area (TPSA) is 44.5 Å². The van der Waals surface area contributed by atoms with Crippen LogP contribution < -0.4 is 10.5 Å². The number of methoxy groups -OCH3 is 1. The lowest BCUT2D eigenvalue weighted by Crippen LogP contribution is -1.99. The van der Waals surface area contributed by atoms with Crippen LogP contribution in [-0.2, 0) is 11.3 Å². The Bertz CT molecular complexity index is 326. The minimum absolute atomic E-state index is 0.570. The summed E-state index contributed by atoms with van der Waals surface area (Å²) in [7, 11) is 1.66. The van der Waals surface area contributed by atoms with Crippen LogP contribution in [0.15, 0.2) is 18.2 Å². The molecule has 2 N–H and O–H groups in total. The molecule has 0 unspecified atom stereocenters. The summed E-state index contributed by atoms with van der Waals surface area (Å²) < 4.78 is 10.9. The van der Waals surface area contributed by atoms with E-state index in [1.54, 1.807) is 7.11 Å². The van der Waals surface area contributed by atoms with Crippen molar-refractivity contribution in [2.24, 2.45) is 0 Å². The number of nitrogen functional groups attached to an aromatic ring is 1. The molecule has 0 aromatic heterocycles. The van der Waals surface area contributed by atoms with Gasteiger partial charge in [-0.2, -0.15) is 0 Å². The average molecular weight is 237 g/mol. The summed E-state index contributed by atoms with van der Waals surface area (Å²) in [6.45, 7) is 3.58. The minimum Gasteiger partial charge on any atom is -0.496 e. The lowest BCUT2D eigenvalue weighted by molar-refractivity contribution is 0.115. The van der Waals surface area contributed by atoms with Crippen LogP contribution in [0.3, 0.4) is 0 Å². The van der Waals surface area contributed by atoms with Gasteiger partial charge in [-0.3, -0.25) is 0 Å². The number of benzene rings is 1. The molecular weight excluding hydrogens is 214 g/mol. The number of rotatable bonds is 8. The molecule has 0 aliphatic heterocycles. The molecule has 96 valence electrons. The second-order valence-corrected chi connectivity index (χ2v) is 4.18. The number of ether oxygens (including phenoxy) is 2. The summed E-state index contributed by atoms with van der Waals surface area (Å²) in [5.74, 6) is 0.841. The van der Waals surface area contributed by atoms with Crippen molar-refractivity contribution in [3.63, 3.8) is 0 Å². The number of anilines is 1. The van der Waals surface area contributed by atoms with Crippen molar-refractivity contribution in [1.29, 1.82) is 0 Å². The molecule has 0 aliphatic rings. The predicted octanol–water partition coefficient (Wildman–Crippen LogP) is 3.37. The molecule has 1 rings (SSSR count). The van der Waals surface area contributed by atoms with Gasteiger partial charge in [-0.15, -0.1) is 0 Å². The molecule has 0 amide bonds. The van der Waals surface area contributed by atoms with E-state index in [9.17, 15) is 0 Å². The maximum absolute atomic E-state index is 5.74. The molecule has 3 heteroatoms. The van der Waals surface area contributed by atoms with E-state index < -0.39 is 0 Å². The van der Waals surface area contributed by atoms with Crippen LogP contribution in [-0.4, -0.2) is 13.7 Å². The van der Waals surface area contributed by atoms with Crippen molar-refractivity contribution in [2.75, 3.05) is 19.5 Å². The van der Waals surface area contributed by atoms with Crippen LogP contribution in [0.2, 0.25) is 0 Å². The third kappa shape index (κ3) is 5.09. The van der Waals surface area contributed by atoms with Crippen LogP contribution in [0.25, 0.3) is 0 Å². The Balaban J connectivity index is 2.32. The molecular formula is C14H23NO2. The minimum atomic E-state index is 0.570. The summed E-state index contributed by atoms with van der Waals surface area (Å²) in [4.78, 5) is 0. The summed E-state index contributed by atoms with van der Waals surface area (Å²) in [5, 5.41) is 0. The molecule has 0 aliphatic carbocycles. The fourth-order valence-electron chi connectivity index (χ4n) is 1.72. The van der Waals surface area contributed by atoms with Gasteiger partial charge in [-0.05, 0) is 24.6 Å². The maximum atomic E-state index is 5.74. The van der Waals surface area contributed by atoms with Crippen molar-refractivity contribution in [1.82, 2.24) is 0 Å². The standard InChI is InChI=1S/C14H23NO2/c1-3-4-5-6-9-17-11-12-10-13(15)7-8-14(12)16-2/h7-8,10H,3-6,9,11,15H2,1-2H3. The molecule has 1 aromatic rings. The SMILES string of the molecule is CCCCCCOCc1cc(N)ccc1OC. The van der Waals surface area contributed by atoms with E-state index >= 15 is 0 Å². The number of nitrogens with two attached hydrogens (primary N) is 1. The fourth-order valence-corrected chi connectivity index (χ4v) is 1.72. The number of hydrogen-bond acceptors (Lipinski definition) is 3. The quantitative estimate of drug-likeness (QED) is 0.557. The summed E-state index contributed by atoms with van der Waals surface area (Å²) >= 11 is 0. The highest BCUT2D eigenvalue weighted by Gasteiger charge is 2.03. The fraction of sp³-hybridized carbons (Fsp3) is 0.571. The molecule has 0 saturated carbocycles. The lowest BCUT2D eigenvalue weighted by Gasteiger charge is -2.10. The van der Waals surface area contributed by atoms with Crippen LogP contribution in [0, 0.1) is 0 Å². The van der Waals surface area contributed by atoms with E-state index in [0.29, 0.717) is 6.61 Å². The molecule has 0 spiro atoms. The van der Waals surface area contributed by atoms with Crippen molar-refractivity contribution in [3.05, 3.63) is 23.8 Å². The number of hydrogen-bond donors (Lipinski definition) is 1. The van der Waals surface area contributed by atoms with Gasteiger partial charge < -0.3 is 15.2 Å². The van der Waals surface area contributed by atoms with E-state index in [4.69, 9.17) is 15.2 Å². The van der Waals surface area contributed by atoms with Crippen LogP contribution >= 0.6 is 0 Å². The molecule has 1 aromatic carbocycles. The van der Waals surface area contributed by atoms with E-state index in [2.05, 4.69) is 6.92 Å². The Morgan fingerprint density at radius 3 is 2.71 bits per heavy atom. The van der Waals surface area contributed by atoms with Crippen molar-refractivity contribution in [2.45, 2.75) is 39.2 Å². The van der Waals surface area contributed by atoms with E-state index in [-0.39, 0.29) is 0 Å². The second-order valence-electron chi connectivity index (χ2n) is 4.18. The Labute approximate surface area is 104 Å². The third-order valence-corrected chi connectivity index (χ3v) is 2.70. The zero-order valence-electron chi connectivity index (χ0n) is 10.9. The predicted molar refractivity (Wildman–Crippen MR) is 71.2 cm³/mol. The van der Waals surface area contributed by atoms with Crippen molar-refractivity contribution < 1.29 is 9.47 Å². The van der Waals surface area contributed by atoms with Gasteiger partial charge >= 0.3 is 0 Å². The highest BCUT2D eigenvalue weighted by atomic mass is 16.5. The molecule has 17 heavy (non-hydrogen) atoms. The smallest absolute Gasteiger partial charge is 0.124 e. The summed E-state index contributed by atoms with van der Waals surface area (Å²) in [6.07, 6.45) is 4.90. The normalized spacial score (nSPS) is 10.5. The van der Waals surface area contributed by atoms with Gasteiger partial charge in [0.1, 0.15) is 5.75 Å². The first-order valence-electron chi connectivity index (χ1n) is 6.28. The zero-order chi connectivity index (χ0) is 12.5. The largest absolute Gasteiger partial charge is 0.496 e. The molecule has 0 bridgehead atoms. The van der Waals surface area contributed by atoms with Crippen molar-refractivity contribution in [3.8, 4) is 5.75 Å². The van der Waals surface area contributed by atoms with Crippen LogP contribution in [0.5, 0.6) is 5.75 Å². The van der Waals surface area contributed by atoms with E-state index in [0.717, 1.165) is 30.0 Å². The summed E-state index contributed by atoms with van der Waals surface area (Å²) in [5.41, 5.74) is 7.50. The maximum Gasteiger partial charge on any atom is 0.124 e. The molecule has 0 heterocycles. The van der Waals surface area contributed by atoms with Gasteiger partial charge in [-0.25, -0.2) is 0 Å². The Morgan fingerprint density at radius 2 is 2.00 bits per heavy atom. The number of unbranched alkanes of at least 4 members (excludes halogenated alkanes) is 3. The van der Waals surface area contributed by atoms with Gasteiger partial charge in [0, 0.05) is 17.9 Å². The molecule has 0 radical (unpaired) electrons. The lowest BCUT2D eigenvalue weighted by atomic mass is 10.2. The summed E-state index contributed by atoms with van der Waals surface area (Å²) in [6, 6.07) is 5.62. The second kappa shape index (κ2) is 7.96. The monoisotopic (exact) mass is 237 g/mol. The third-order valence-electron chi connectivity index (χ3n) is 2.70.